The highest BCUT2D eigenvalue weighted by molar-refractivity contribution is 6.31. The molecule has 1 aromatic carbocycles. The molecule has 0 bridgehead atoms. The van der Waals surface area contributed by atoms with Gasteiger partial charge in [0.15, 0.2) is 10.8 Å². The number of anilines is 1. The molecule has 0 aliphatic carbocycles. The van der Waals surface area contributed by atoms with Crippen LogP contribution in [0.25, 0.3) is 0 Å². The van der Waals surface area contributed by atoms with Crippen molar-refractivity contribution in [3.05, 3.63) is 45.5 Å². The third kappa shape index (κ3) is 2.29. The first-order valence-electron chi connectivity index (χ1n) is 6.02. The monoisotopic (exact) mass is 277 g/mol. The molecule has 1 aromatic heterocycles. The number of aryl methyl sites for hydroxylation is 1. The topological polar surface area (TPSA) is 67.0 Å². The fourth-order valence-corrected chi connectivity index (χ4v) is 2.25. The van der Waals surface area contributed by atoms with Crippen LogP contribution in [0.3, 0.4) is 0 Å². The van der Waals surface area contributed by atoms with E-state index >= 15 is 0 Å². The molecule has 19 heavy (non-hydrogen) atoms. The summed E-state index contributed by atoms with van der Waals surface area (Å²) in [5, 5.41) is 3.26. The second kappa shape index (κ2) is 4.93. The lowest BCUT2D eigenvalue weighted by Crippen LogP contribution is -2.13. The van der Waals surface area contributed by atoms with E-state index in [4.69, 9.17) is 16.3 Å². The van der Waals surface area contributed by atoms with Gasteiger partial charge in [-0.25, -0.2) is 4.98 Å². The van der Waals surface area contributed by atoms with E-state index in [0.717, 1.165) is 25.1 Å². The standard InChI is InChI=1S/C13H12ClN3O2/c14-10-12(18)16-7-17-13(10)19-9-5-1-3-8-4-2-6-15-11(8)9/h1,3,5,7,15H,2,4,6H2,(H,16,17,18). The predicted molar refractivity (Wildman–Crippen MR) is 73.2 cm³/mol. The van der Waals surface area contributed by atoms with E-state index in [-0.39, 0.29) is 10.9 Å². The summed E-state index contributed by atoms with van der Waals surface area (Å²) >= 11 is 5.87. The largest absolute Gasteiger partial charge is 0.435 e. The Balaban J connectivity index is 2.00. The van der Waals surface area contributed by atoms with Gasteiger partial charge in [-0.1, -0.05) is 23.7 Å². The van der Waals surface area contributed by atoms with Crippen LogP contribution >= 0.6 is 11.6 Å². The number of hydrogen-bond donors (Lipinski definition) is 2. The molecular weight excluding hydrogens is 266 g/mol. The number of aromatic nitrogens is 2. The quantitative estimate of drug-likeness (QED) is 0.885. The number of benzene rings is 1. The maximum Gasteiger partial charge on any atom is 0.273 e. The Hall–Kier alpha value is -2.01. The number of para-hydroxylation sites is 1. The lowest BCUT2D eigenvalue weighted by Gasteiger charge is -2.20. The zero-order chi connectivity index (χ0) is 13.2. The number of ether oxygens (including phenoxy) is 1. The van der Waals surface area contributed by atoms with Crippen LogP contribution in [0.15, 0.2) is 29.3 Å². The number of aromatic amines is 1. The summed E-state index contributed by atoms with van der Waals surface area (Å²) in [7, 11) is 0. The zero-order valence-corrected chi connectivity index (χ0v) is 10.8. The highest BCUT2D eigenvalue weighted by atomic mass is 35.5. The number of hydrogen-bond acceptors (Lipinski definition) is 4. The SMILES string of the molecule is O=c1[nH]cnc(Oc2cccc3c2NCCC3)c1Cl. The van der Waals surface area contributed by atoms with E-state index in [9.17, 15) is 4.79 Å². The molecule has 0 unspecified atom stereocenters. The first kappa shape index (κ1) is 12.0. The Morgan fingerprint density at radius 1 is 1.37 bits per heavy atom. The smallest absolute Gasteiger partial charge is 0.273 e. The van der Waals surface area contributed by atoms with Gasteiger partial charge in [0, 0.05) is 6.54 Å². The molecule has 2 heterocycles. The van der Waals surface area contributed by atoms with Crippen LogP contribution in [-0.4, -0.2) is 16.5 Å². The predicted octanol–water partition coefficient (Wildman–Crippen LogP) is 2.57. The van der Waals surface area contributed by atoms with Crippen molar-refractivity contribution in [1.82, 2.24) is 9.97 Å². The average Bonchev–Trinajstić information content (AvgIpc) is 2.44. The fraction of sp³-hybridized carbons (Fsp3) is 0.231. The number of halogens is 1. The lowest BCUT2D eigenvalue weighted by molar-refractivity contribution is 0.461. The van der Waals surface area contributed by atoms with Gasteiger partial charge in [0.25, 0.3) is 5.56 Å². The molecule has 2 N–H and O–H groups in total. The van der Waals surface area contributed by atoms with Gasteiger partial charge in [-0.05, 0) is 24.5 Å². The van der Waals surface area contributed by atoms with Crippen molar-refractivity contribution < 1.29 is 4.74 Å². The van der Waals surface area contributed by atoms with Crippen molar-refractivity contribution in [3.8, 4) is 11.6 Å². The molecule has 1 aliphatic rings. The zero-order valence-electron chi connectivity index (χ0n) is 10.1. The van der Waals surface area contributed by atoms with Crippen molar-refractivity contribution in [3.63, 3.8) is 0 Å². The van der Waals surface area contributed by atoms with Gasteiger partial charge in [-0.2, -0.15) is 0 Å². The van der Waals surface area contributed by atoms with Crippen molar-refractivity contribution in [2.24, 2.45) is 0 Å². The Morgan fingerprint density at radius 3 is 3.16 bits per heavy atom. The van der Waals surface area contributed by atoms with Crippen LogP contribution in [0.1, 0.15) is 12.0 Å². The van der Waals surface area contributed by atoms with Gasteiger partial charge in [-0.3, -0.25) is 4.79 Å². The van der Waals surface area contributed by atoms with Crippen LogP contribution < -0.4 is 15.6 Å². The number of H-pyrrole nitrogens is 1. The van der Waals surface area contributed by atoms with Crippen LogP contribution in [0.4, 0.5) is 5.69 Å². The number of fused-ring (bicyclic) bond motifs is 1. The number of rotatable bonds is 2. The van der Waals surface area contributed by atoms with Crippen LogP contribution in [-0.2, 0) is 6.42 Å². The molecule has 98 valence electrons. The second-order valence-electron chi connectivity index (χ2n) is 4.27. The van der Waals surface area contributed by atoms with Gasteiger partial charge >= 0.3 is 0 Å². The molecule has 0 atom stereocenters. The summed E-state index contributed by atoms with van der Waals surface area (Å²) in [6, 6.07) is 5.81. The lowest BCUT2D eigenvalue weighted by atomic mass is 10.0. The highest BCUT2D eigenvalue weighted by Gasteiger charge is 2.16. The summed E-state index contributed by atoms with van der Waals surface area (Å²) in [6.45, 7) is 0.907. The van der Waals surface area contributed by atoms with E-state index in [1.54, 1.807) is 0 Å². The Labute approximate surface area is 114 Å². The van der Waals surface area contributed by atoms with Crippen molar-refractivity contribution >= 4 is 17.3 Å². The van der Waals surface area contributed by atoms with Gasteiger partial charge in [0.05, 0.1) is 12.0 Å². The first-order valence-corrected chi connectivity index (χ1v) is 6.40. The molecule has 0 saturated carbocycles. The van der Waals surface area contributed by atoms with E-state index in [1.165, 1.54) is 11.9 Å². The molecule has 6 heteroatoms. The first-order chi connectivity index (χ1) is 9.25. The van der Waals surface area contributed by atoms with Crippen molar-refractivity contribution in [1.29, 1.82) is 0 Å². The van der Waals surface area contributed by atoms with Crippen molar-refractivity contribution in [2.45, 2.75) is 12.8 Å². The average molecular weight is 278 g/mol. The van der Waals surface area contributed by atoms with E-state index in [1.807, 2.05) is 12.1 Å². The minimum Gasteiger partial charge on any atom is -0.435 e. The molecule has 0 fully saturated rings. The van der Waals surface area contributed by atoms with Crippen molar-refractivity contribution in [2.75, 3.05) is 11.9 Å². The molecular formula is C13H12ClN3O2. The van der Waals surface area contributed by atoms with E-state index < -0.39 is 5.56 Å². The third-order valence-electron chi connectivity index (χ3n) is 3.01. The molecule has 1 aliphatic heterocycles. The maximum atomic E-state index is 11.4. The number of nitrogens with zero attached hydrogens (tertiary/aromatic N) is 1. The van der Waals surface area contributed by atoms with Crippen LogP contribution in [0.2, 0.25) is 5.02 Å². The molecule has 5 nitrogen and oxygen atoms in total. The van der Waals surface area contributed by atoms with Crippen LogP contribution in [0, 0.1) is 0 Å². The van der Waals surface area contributed by atoms with Gasteiger partial charge in [0.1, 0.15) is 0 Å². The normalized spacial score (nSPS) is 13.5. The number of nitrogens with one attached hydrogen (secondary N) is 2. The fourth-order valence-electron chi connectivity index (χ4n) is 2.10. The van der Waals surface area contributed by atoms with Gasteiger partial charge < -0.3 is 15.0 Å². The highest BCUT2D eigenvalue weighted by Crippen LogP contribution is 2.35. The summed E-state index contributed by atoms with van der Waals surface area (Å²) in [5.74, 6) is 0.753. The van der Waals surface area contributed by atoms with Gasteiger partial charge in [0.2, 0.25) is 5.88 Å². The van der Waals surface area contributed by atoms with Crippen LogP contribution in [0.5, 0.6) is 11.6 Å². The Bertz CT molecular complexity index is 669. The minimum absolute atomic E-state index is 0.0455. The minimum atomic E-state index is -0.413. The van der Waals surface area contributed by atoms with E-state index in [2.05, 4.69) is 21.4 Å². The summed E-state index contributed by atoms with van der Waals surface area (Å²) in [6.07, 6.45) is 3.38. The van der Waals surface area contributed by atoms with Gasteiger partial charge in [-0.15, -0.1) is 0 Å². The molecule has 0 radical (unpaired) electrons. The maximum absolute atomic E-state index is 11.4. The summed E-state index contributed by atoms with van der Waals surface area (Å²) < 4.78 is 5.66. The molecule has 0 amide bonds. The van der Waals surface area contributed by atoms with E-state index in [0.29, 0.717) is 5.75 Å². The third-order valence-corrected chi connectivity index (χ3v) is 3.34. The Morgan fingerprint density at radius 2 is 2.26 bits per heavy atom. The second-order valence-corrected chi connectivity index (χ2v) is 4.65. The summed E-state index contributed by atoms with van der Waals surface area (Å²) in [4.78, 5) is 17.7. The Kier molecular flexibility index (Phi) is 3.13. The molecule has 0 saturated heterocycles. The molecule has 2 aromatic rings. The summed E-state index contributed by atoms with van der Waals surface area (Å²) in [5.41, 5.74) is 1.74. The molecule has 0 spiro atoms. The molecule has 3 rings (SSSR count).